The molecular weight excluding hydrogens is 304 g/mol. The van der Waals surface area contributed by atoms with Gasteiger partial charge in [-0.25, -0.2) is 13.1 Å². The van der Waals surface area contributed by atoms with Crippen LogP contribution in [0.3, 0.4) is 0 Å². The van der Waals surface area contributed by atoms with E-state index in [4.69, 9.17) is 0 Å². The molecule has 0 aliphatic rings. The Morgan fingerprint density at radius 1 is 1.19 bits per heavy atom. The molecule has 1 aromatic rings. The number of benzene rings is 1. The Morgan fingerprint density at radius 2 is 1.86 bits per heavy atom. The molecule has 0 aliphatic heterocycles. The summed E-state index contributed by atoms with van der Waals surface area (Å²) in [4.78, 5) is 0.339. The van der Waals surface area contributed by atoms with Crippen molar-refractivity contribution >= 4 is 21.8 Å². The van der Waals surface area contributed by atoms with Gasteiger partial charge in [-0.15, -0.1) is 0 Å². The van der Waals surface area contributed by atoms with Crippen LogP contribution in [0.2, 0.25) is 0 Å². The summed E-state index contributed by atoms with van der Waals surface area (Å²) in [5.41, 5.74) is 1.14. The zero-order valence-electron chi connectivity index (χ0n) is 13.1. The van der Waals surface area contributed by atoms with Gasteiger partial charge in [-0.2, -0.15) is 11.8 Å². The van der Waals surface area contributed by atoms with Crippen molar-refractivity contribution in [1.82, 2.24) is 10.0 Å². The zero-order valence-corrected chi connectivity index (χ0v) is 14.7. The molecule has 0 saturated heterocycles. The monoisotopic (exact) mass is 330 g/mol. The summed E-state index contributed by atoms with van der Waals surface area (Å²) < 4.78 is 26.9. The Morgan fingerprint density at radius 3 is 2.43 bits per heavy atom. The topological polar surface area (TPSA) is 58.2 Å². The normalized spacial score (nSPS) is 13.3. The smallest absolute Gasteiger partial charge is 0.240 e. The zero-order chi connectivity index (χ0) is 15.7. The highest BCUT2D eigenvalue weighted by molar-refractivity contribution is 7.99. The summed E-state index contributed by atoms with van der Waals surface area (Å²) in [7, 11) is -3.38. The third-order valence-corrected chi connectivity index (χ3v) is 5.84. The van der Waals surface area contributed by atoms with Crippen LogP contribution < -0.4 is 10.0 Å². The van der Waals surface area contributed by atoms with Crippen LogP contribution in [0.4, 0.5) is 0 Å². The molecule has 1 unspecified atom stereocenters. The number of likely N-dealkylation sites (N-methyl/N-ethyl adjacent to an activating group) is 1. The molecule has 0 aliphatic carbocycles. The van der Waals surface area contributed by atoms with Crippen LogP contribution in [0.25, 0.3) is 0 Å². The minimum Gasteiger partial charge on any atom is -0.317 e. The van der Waals surface area contributed by atoms with Gasteiger partial charge in [-0.05, 0) is 49.9 Å². The maximum absolute atomic E-state index is 12.1. The fourth-order valence-corrected chi connectivity index (χ4v) is 3.24. The van der Waals surface area contributed by atoms with Crippen molar-refractivity contribution in [2.24, 2.45) is 0 Å². The van der Waals surface area contributed by atoms with Gasteiger partial charge in [-0.1, -0.05) is 26.0 Å². The Balaban J connectivity index is 2.54. The second-order valence-electron chi connectivity index (χ2n) is 4.98. The van der Waals surface area contributed by atoms with Crippen LogP contribution in [0, 0.1) is 0 Å². The average molecular weight is 331 g/mol. The van der Waals surface area contributed by atoms with Gasteiger partial charge in [0.15, 0.2) is 0 Å². The van der Waals surface area contributed by atoms with Crippen LogP contribution in [-0.4, -0.2) is 39.6 Å². The predicted molar refractivity (Wildman–Crippen MR) is 91.5 cm³/mol. The lowest BCUT2D eigenvalue weighted by atomic mass is 10.1. The molecule has 0 heterocycles. The number of rotatable bonds is 10. The van der Waals surface area contributed by atoms with Crippen molar-refractivity contribution in [3.8, 4) is 0 Å². The molecular formula is C15H26N2O2S2. The van der Waals surface area contributed by atoms with Crippen molar-refractivity contribution in [2.75, 3.05) is 25.9 Å². The Bertz CT molecular complexity index is 501. The predicted octanol–water partition coefficient (Wildman–Crippen LogP) is 2.26. The number of thioether (sulfide) groups is 1. The van der Waals surface area contributed by atoms with E-state index in [9.17, 15) is 8.42 Å². The van der Waals surface area contributed by atoms with Crippen LogP contribution >= 0.6 is 11.8 Å². The molecule has 4 nitrogen and oxygen atoms in total. The summed E-state index contributed by atoms with van der Waals surface area (Å²) >= 11 is 1.74. The minimum absolute atomic E-state index is 0.339. The van der Waals surface area contributed by atoms with E-state index in [0.29, 0.717) is 16.7 Å². The van der Waals surface area contributed by atoms with Gasteiger partial charge in [-0.3, -0.25) is 0 Å². The summed E-state index contributed by atoms with van der Waals surface area (Å²) in [6, 6.07) is 7.13. The first-order valence-corrected chi connectivity index (χ1v) is 10.1. The van der Waals surface area contributed by atoms with Crippen LogP contribution in [0.5, 0.6) is 0 Å². The van der Waals surface area contributed by atoms with Crippen LogP contribution in [0.1, 0.15) is 25.8 Å². The molecule has 0 aromatic heterocycles. The molecule has 1 atom stereocenters. The van der Waals surface area contributed by atoms with Gasteiger partial charge in [0.1, 0.15) is 0 Å². The lowest BCUT2D eigenvalue weighted by molar-refractivity contribution is 0.579. The van der Waals surface area contributed by atoms with Gasteiger partial charge < -0.3 is 5.32 Å². The van der Waals surface area contributed by atoms with E-state index in [0.717, 1.165) is 31.5 Å². The van der Waals surface area contributed by atoms with E-state index in [2.05, 4.69) is 23.9 Å². The second-order valence-corrected chi connectivity index (χ2v) is 8.02. The highest BCUT2D eigenvalue weighted by Gasteiger charge is 2.13. The molecule has 1 rings (SSSR count). The third kappa shape index (κ3) is 6.82. The van der Waals surface area contributed by atoms with Gasteiger partial charge in [0.2, 0.25) is 10.0 Å². The highest BCUT2D eigenvalue weighted by Crippen LogP contribution is 2.12. The van der Waals surface area contributed by atoms with E-state index in [1.54, 1.807) is 23.9 Å². The van der Waals surface area contributed by atoms with Gasteiger partial charge in [0.25, 0.3) is 0 Å². The molecule has 0 amide bonds. The summed E-state index contributed by atoms with van der Waals surface area (Å²) in [6.07, 6.45) is 3.78. The van der Waals surface area contributed by atoms with E-state index in [1.807, 2.05) is 18.4 Å². The van der Waals surface area contributed by atoms with Crippen molar-refractivity contribution in [2.45, 2.75) is 36.8 Å². The minimum atomic E-state index is -3.38. The summed E-state index contributed by atoms with van der Waals surface area (Å²) in [6.45, 7) is 6.50. The second kappa shape index (κ2) is 9.46. The van der Waals surface area contributed by atoms with Gasteiger partial charge in [0.05, 0.1) is 4.90 Å². The Hall–Kier alpha value is -0.560. The largest absolute Gasteiger partial charge is 0.317 e. The molecule has 0 spiro atoms. The van der Waals surface area contributed by atoms with Crippen LogP contribution in [0.15, 0.2) is 29.2 Å². The number of hydrogen-bond donors (Lipinski definition) is 2. The van der Waals surface area contributed by atoms with E-state index < -0.39 is 10.0 Å². The van der Waals surface area contributed by atoms with Crippen molar-refractivity contribution in [3.05, 3.63) is 29.8 Å². The molecule has 0 saturated carbocycles. The quantitative estimate of drug-likeness (QED) is 0.646. The number of sulfonamides is 1. The molecule has 120 valence electrons. The molecule has 6 heteroatoms. The molecule has 0 fully saturated rings. The fraction of sp³-hybridized carbons (Fsp3) is 0.600. The van der Waals surface area contributed by atoms with Gasteiger partial charge >= 0.3 is 0 Å². The third-order valence-electron chi connectivity index (χ3n) is 3.32. The molecule has 0 radical (unpaired) electrons. The van der Waals surface area contributed by atoms with Crippen LogP contribution in [-0.2, 0) is 16.4 Å². The SMILES string of the molecule is CCNCCc1ccc(S(=O)(=O)NCCC(C)SC)cc1. The molecule has 2 N–H and O–H groups in total. The van der Waals surface area contributed by atoms with Gasteiger partial charge in [0, 0.05) is 11.8 Å². The van der Waals surface area contributed by atoms with E-state index >= 15 is 0 Å². The number of hydrogen-bond acceptors (Lipinski definition) is 4. The average Bonchev–Trinajstić information content (AvgIpc) is 2.47. The Kier molecular flexibility index (Phi) is 8.33. The van der Waals surface area contributed by atoms with Crippen molar-refractivity contribution in [3.63, 3.8) is 0 Å². The Labute approximate surface area is 133 Å². The van der Waals surface area contributed by atoms with E-state index in [-0.39, 0.29) is 0 Å². The van der Waals surface area contributed by atoms with Crippen molar-refractivity contribution in [1.29, 1.82) is 0 Å². The molecule has 1 aromatic carbocycles. The molecule has 21 heavy (non-hydrogen) atoms. The first-order chi connectivity index (χ1) is 9.99. The highest BCUT2D eigenvalue weighted by atomic mass is 32.2. The lowest BCUT2D eigenvalue weighted by Gasteiger charge is -2.10. The first-order valence-electron chi connectivity index (χ1n) is 7.31. The summed E-state index contributed by atoms with van der Waals surface area (Å²) in [5.74, 6) is 0. The number of nitrogens with one attached hydrogen (secondary N) is 2. The van der Waals surface area contributed by atoms with Crippen molar-refractivity contribution < 1.29 is 8.42 Å². The first kappa shape index (κ1) is 18.5. The van der Waals surface area contributed by atoms with E-state index in [1.165, 1.54) is 0 Å². The fourth-order valence-electron chi connectivity index (χ4n) is 1.84. The summed E-state index contributed by atoms with van der Waals surface area (Å²) in [5, 5.41) is 3.71. The maximum Gasteiger partial charge on any atom is 0.240 e. The lowest BCUT2D eigenvalue weighted by Crippen LogP contribution is -2.26. The molecule has 0 bridgehead atoms. The standard InChI is InChI=1S/C15H26N2O2S2/c1-4-16-11-10-14-5-7-15(8-6-14)21(18,19)17-12-9-13(2)20-3/h5-8,13,16-17H,4,9-12H2,1-3H3. The maximum atomic E-state index is 12.1.